The number of benzene rings is 2. The first kappa shape index (κ1) is 23.3. The van der Waals surface area contributed by atoms with Crippen molar-refractivity contribution in [3.05, 3.63) is 63.1 Å². The Morgan fingerprint density at radius 2 is 2.00 bits per heavy atom. The number of amides is 1. The van der Waals surface area contributed by atoms with E-state index in [-0.39, 0.29) is 35.7 Å². The van der Waals surface area contributed by atoms with Crippen molar-refractivity contribution in [3.8, 4) is 5.75 Å². The van der Waals surface area contributed by atoms with Crippen LogP contribution in [0.1, 0.15) is 42.9 Å². The maximum atomic E-state index is 13.4. The fraction of sp³-hybridized carbons (Fsp3) is 0.500. The summed E-state index contributed by atoms with van der Waals surface area (Å²) in [6.07, 6.45) is 4.07. The Morgan fingerprint density at radius 3 is 2.77 bits per heavy atom. The van der Waals surface area contributed by atoms with Gasteiger partial charge in [0.2, 0.25) is 5.91 Å². The predicted molar refractivity (Wildman–Crippen MR) is 136 cm³/mol. The Kier molecular flexibility index (Phi) is 5.66. The van der Waals surface area contributed by atoms with Crippen LogP contribution in [-0.2, 0) is 27.8 Å². The SMILES string of the molecule is CC(=O)CN1CC[C@]23c4c5cccc4O[C@H]2[C@@H](N(C)C(=O)Cc2ccc(Cl)c(Cl)c2)CC[C@H]3[C@H]1C5. The monoisotopic (exact) mass is 512 g/mol. The minimum atomic E-state index is -0.0941. The smallest absolute Gasteiger partial charge is 0.227 e. The summed E-state index contributed by atoms with van der Waals surface area (Å²) in [5.74, 6) is 1.71. The minimum absolute atomic E-state index is 0.000112. The van der Waals surface area contributed by atoms with Gasteiger partial charge in [-0.15, -0.1) is 0 Å². The Hall–Kier alpha value is -2.08. The average Bonchev–Trinajstić information content (AvgIpc) is 3.16. The van der Waals surface area contributed by atoms with Gasteiger partial charge in [0.15, 0.2) is 0 Å². The number of Topliss-reactive ketones (excluding diaryl/α,β-unsaturated/α-hetero) is 1. The second-order valence-electron chi connectivity index (χ2n) is 10.7. The van der Waals surface area contributed by atoms with E-state index < -0.39 is 0 Å². The van der Waals surface area contributed by atoms with Crippen LogP contribution >= 0.6 is 23.2 Å². The summed E-state index contributed by atoms with van der Waals surface area (Å²) in [5, 5.41) is 0.955. The van der Waals surface area contributed by atoms with Crippen molar-refractivity contribution in [3.63, 3.8) is 0 Å². The quantitative estimate of drug-likeness (QED) is 0.582. The number of hydrogen-bond donors (Lipinski definition) is 0. The van der Waals surface area contributed by atoms with Crippen molar-refractivity contribution < 1.29 is 14.3 Å². The Bertz CT molecular complexity index is 1220. The third kappa shape index (κ3) is 3.53. The predicted octanol–water partition coefficient (Wildman–Crippen LogP) is 4.69. The highest BCUT2D eigenvalue weighted by atomic mass is 35.5. The lowest BCUT2D eigenvalue weighted by atomic mass is 9.51. The Labute approximate surface area is 216 Å². The molecule has 7 heteroatoms. The zero-order valence-corrected chi connectivity index (χ0v) is 21.6. The second kappa shape index (κ2) is 8.50. The number of rotatable bonds is 5. The molecule has 2 heterocycles. The summed E-state index contributed by atoms with van der Waals surface area (Å²) in [6.45, 7) is 3.09. The van der Waals surface area contributed by atoms with Gasteiger partial charge in [-0.05, 0) is 74.4 Å². The van der Waals surface area contributed by atoms with E-state index in [1.807, 2.05) is 18.0 Å². The molecule has 2 aromatic rings. The first-order chi connectivity index (χ1) is 16.8. The van der Waals surface area contributed by atoms with Crippen LogP contribution in [0.5, 0.6) is 5.75 Å². The summed E-state index contributed by atoms with van der Waals surface area (Å²) in [4.78, 5) is 29.8. The second-order valence-corrected chi connectivity index (χ2v) is 11.6. The lowest BCUT2D eigenvalue weighted by Crippen LogP contribution is -2.69. The number of piperidine rings is 1. The molecule has 184 valence electrons. The molecule has 1 amide bonds. The summed E-state index contributed by atoms with van der Waals surface area (Å²) in [6, 6.07) is 12.1. The number of likely N-dealkylation sites (tertiary alicyclic amines) is 1. The average molecular weight is 513 g/mol. The molecule has 1 saturated heterocycles. The molecule has 2 aliphatic carbocycles. The van der Waals surface area contributed by atoms with Crippen LogP contribution in [0.4, 0.5) is 0 Å². The van der Waals surface area contributed by atoms with Gasteiger partial charge in [0.05, 0.1) is 29.1 Å². The summed E-state index contributed by atoms with van der Waals surface area (Å²) in [5.41, 5.74) is 3.49. The van der Waals surface area contributed by atoms with Crippen LogP contribution in [0.3, 0.4) is 0 Å². The van der Waals surface area contributed by atoms with Gasteiger partial charge in [-0.25, -0.2) is 0 Å². The van der Waals surface area contributed by atoms with Gasteiger partial charge in [-0.2, -0.15) is 0 Å². The number of halogens is 2. The third-order valence-corrected chi connectivity index (χ3v) is 9.69. The maximum absolute atomic E-state index is 13.4. The molecule has 1 saturated carbocycles. The van der Waals surface area contributed by atoms with Crippen LogP contribution in [0.15, 0.2) is 36.4 Å². The number of carbonyl (C=O) groups is 2. The topological polar surface area (TPSA) is 49.9 Å². The molecular weight excluding hydrogens is 483 g/mol. The lowest BCUT2D eigenvalue weighted by molar-refractivity contribution is -0.140. The molecule has 6 rings (SSSR count). The Balaban J connectivity index is 1.32. The van der Waals surface area contributed by atoms with Gasteiger partial charge >= 0.3 is 0 Å². The molecule has 2 bridgehead atoms. The van der Waals surface area contributed by atoms with Crippen molar-refractivity contribution >= 4 is 34.9 Å². The molecule has 0 unspecified atom stereocenters. The summed E-state index contributed by atoms with van der Waals surface area (Å²) < 4.78 is 6.75. The number of carbonyl (C=O) groups excluding carboxylic acids is 2. The van der Waals surface area contributed by atoms with E-state index in [9.17, 15) is 9.59 Å². The lowest BCUT2D eigenvalue weighted by Gasteiger charge is -2.60. The van der Waals surface area contributed by atoms with Crippen LogP contribution in [0, 0.1) is 5.92 Å². The van der Waals surface area contributed by atoms with Gasteiger partial charge in [0.1, 0.15) is 17.6 Å². The first-order valence-corrected chi connectivity index (χ1v) is 13.3. The van der Waals surface area contributed by atoms with Crippen molar-refractivity contribution in [1.29, 1.82) is 0 Å². The molecule has 2 fully saturated rings. The van der Waals surface area contributed by atoms with Gasteiger partial charge < -0.3 is 9.64 Å². The van der Waals surface area contributed by atoms with Crippen molar-refractivity contribution in [2.75, 3.05) is 20.1 Å². The van der Waals surface area contributed by atoms with E-state index in [0.717, 1.165) is 43.5 Å². The first-order valence-electron chi connectivity index (χ1n) is 12.5. The molecule has 2 aromatic carbocycles. The molecular formula is C28H30Cl2N2O3. The van der Waals surface area contributed by atoms with E-state index in [0.29, 0.717) is 28.5 Å². The van der Waals surface area contributed by atoms with Crippen molar-refractivity contribution in [2.24, 2.45) is 5.92 Å². The summed E-state index contributed by atoms with van der Waals surface area (Å²) in [7, 11) is 1.92. The van der Waals surface area contributed by atoms with E-state index in [4.69, 9.17) is 27.9 Å². The fourth-order valence-electron chi connectivity index (χ4n) is 7.58. The van der Waals surface area contributed by atoms with Gasteiger partial charge in [-0.1, -0.05) is 41.4 Å². The van der Waals surface area contributed by atoms with Crippen molar-refractivity contribution in [1.82, 2.24) is 9.80 Å². The number of hydrogen-bond acceptors (Lipinski definition) is 4. The highest BCUT2D eigenvalue weighted by Gasteiger charge is 2.65. The molecule has 35 heavy (non-hydrogen) atoms. The molecule has 4 aliphatic rings. The van der Waals surface area contributed by atoms with E-state index in [2.05, 4.69) is 23.1 Å². The van der Waals surface area contributed by atoms with Crippen LogP contribution < -0.4 is 4.74 Å². The number of nitrogens with zero attached hydrogens (tertiary/aromatic N) is 2. The molecule has 1 spiro atoms. The number of ether oxygens (including phenoxy) is 1. The highest BCUT2D eigenvalue weighted by molar-refractivity contribution is 6.42. The largest absolute Gasteiger partial charge is 0.487 e. The highest BCUT2D eigenvalue weighted by Crippen LogP contribution is 2.62. The normalized spacial score (nSPS) is 30.4. The van der Waals surface area contributed by atoms with E-state index >= 15 is 0 Å². The minimum Gasteiger partial charge on any atom is -0.487 e. The van der Waals surface area contributed by atoms with Crippen molar-refractivity contribution in [2.45, 2.75) is 62.6 Å². The number of ketones is 1. The molecule has 5 nitrogen and oxygen atoms in total. The zero-order chi connectivity index (χ0) is 24.5. The number of likely N-dealkylation sites (N-methyl/N-ethyl adjacent to an activating group) is 1. The van der Waals surface area contributed by atoms with Gasteiger partial charge in [0, 0.05) is 24.1 Å². The van der Waals surface area contributed by atoms with Gasteiger partial charge in [0.25, 0.3) is 0 Å². The molecule has 0 N–H and O–H groups in total. The molecule has 0 aromatic heterocycles. The molecule has 0 radical (unpaired) electrons. The molecule has 2 aliphatic heterocycles. The third-order valence-electron chi connectivity index (χ3n) is 8.96. The van der Waals surface area contributed by atoms with Crippen LogP contribution in [0.2, 0.25) is 10.0 Å². The molecule has 5 atom stereocenters. The van der Waals surface area contributed by atoms with E-state index in [1.165, 1.54) is 11.1 Å². The van der Waals surface area contributed by atoms with E-state index in [1.54, 1.807) is 19.1 Å². The van der Waals surface area contributed by atoms with Crippen LogP contribution in [0.25, 0.3) is 0 Å². The van der Waals surface area contributed by atoms with Crippen LogP contribution in [-0.4, -0.2) is 59.8 Å². The Morgan fingerprint density at radius 1 is 1.17 bits per heavy atom. The zero-order valence-electron chi connectivity index (χ0n) is 20.1. The maximum Gasteiger partial charge on any atom is 0.227 e. The van der Waals surface area contributed by atoms with Gasteiger partial charge in [-0.3, -0.25) is 14.5 Å². The standard InChI is InChI=1S/C28H30Cl2N2O3/c1-16(33)15-32-11-10-28-19-7-9-22(31(2)25(34)13-17-6-8-20(29)21(30)12-17)27(28)35-24-5-3-4-18(26(24)28)14-23(19)32/h3-6,8,12,19,22-23,27H,7,9-11,13-15H2,1-2H3/t19-,22-,23+,27-,28-/m0/s1. The fourth-order valence-corrected chi connectivity index (χ4v) is 7.90. The summed E-state index contributed by atoms with van der Waals surface area (Å²) >= 11 is 12.2.